The molecule has 0 saturated carbocycles. The molecule has 1 atom stereocenters. The van der Waals surface area contributed by atoms with Gasteiger partial charge in [0.25, 0.3) is 0 Å². The first-order valence-corrected chi connectivity index (χ1v) is 14.8. The first-order valence-electron chi connectivity index (χ1n) is 7.96. The summed E-state index contributed by atoms with van der Waals surface area (Å²) in [4.78, 5) is 3.48. The number of hydrogen-bond donors (Lipinski definition) is 0. The Hall–Kier alpha value is -0.450. The van der Waals surface area contributed by atoms with E-state index in [1.165, 1.54) is 44.7 Å². The van der Waals surface area contributed by atoms with Crippen LogP contribution in [0.4, 0.5) is 11.4 Å². The van der Waals surface area contributed by atoms with Crippen LogP contribution in [0.3, 0.4) is 0 Å². The molecule has 0 spiro atoms. The molecule has 0 aliphatic carbocycles. The summed E-state index contributed by atoms with van der Waals surface area (Å²) in [6, 6.07) is 6.65. The van der Waals surface area contributed by atoms with E-state index >= 15 is 0 Å². The van der Waals surface area contributed by atoms with Crippen molar-refractivity contribution in [3.63, 3.8) is 0 Å². The predicted octanol–water partition coefficient (Wildman–Crippen LogP) is 3.86. The number of hydrogen-bond acceptors (Lipinski definition) is 11. The van der Waals surface area contributed by atoms with Crippen LogP contribution in [0.15, 0.2) is 48.3 Å². The maximum absolute atomic E-state index is 11.5. The summed E-state index contributed by atoms with van der Waals surface area (Å²) in [6.07, 6.45) is 1.65. The van der Waals surface area contributed by atoms with Crippen molar-refractivity contribution in [2.45, 2.75) is 14.5 Å². The third-order valence-corrected chi connectivity index (χ3v) is 9.61. The van der Waals surface area contributed by atoms with Gasteiger partial charge in [0, 0.05) is 9.92 Å². The van der Waals surface area contributed by atoms with Crippen LogP contribution < -0.4 is 9.80 Å². The maximum atomic E-state index is 11.5. The third-order valence-electron chi connectivity index (χ3n) is 4.06. The first-order chi connectivity index (χ1) is 13.9. The third kappa shape index (κ3) is 4.96. The molecule has 0 saturated heterocycles. The average Bonchev–Trinajstić information content (AvgIpc) is 3.19. The van der Waals surface area contributed by atoms with E-state index in [4.69, 9.17) is 11.6 Å². The summed E-state index contributed by atoms with van der Waals surface area (Å²) in [5.41, 5.74) is 1.08. The molecule has 0 fully saturated rings. The molecule has 2 aliphatic heterocycles. The summed E-state index contributed by atoms with van der Waals surface area (Å²) in [6.45, 7) is 0. The van der Waals surface area contributed by atoms with Crippen molar-refractivity contribution in [1.29, 1.82) is 0 Å². The van der Waals surface area contributed by atoms with E-state index < -0.39 is 37.4 Å². The molecular formula is C15H10BrClN2O6S5-2. The Bertz CT molecular complexity index is 1260. The molecule has 0 bridgehead atoms. The second-order valence-electron chi connectivity index (χ2n) is 6.22. The summed E-state index contributed by atoms with van der Waals surface area (Å²) in [5.74, 6) is -1.54. The van der Waals surface area contributed by atoms with Crippen LogP contribution in [0.25, 0.3) is 0 Å². The molecule has 4 rings (SSSR count). The van der Waals surface area contributed by atoms with E-state index in [0.717, 1.165) is 8.00 Å². The van der Waals surface area contributed by atoms with E-state index in [1.54, 1.807) is 30.3 Å². The van der Waals surface area contributed by atoms with Gasteiger partial charge >= 0.3 is 0 Å². The Kier molecular flexibility index (Phi) is 6.18. The van der Waals surface area contributed by atoms with Crippen LogP contribution in [0.5, 0.6) is 0 Å². The number of anilines is 2. The van der Waals surface area contributed by atoms with Crippen molar-refractivity contribution in [2.75, 3.05) is 21.6 Å². The van der Waals surface area contributed by atoms with Gasteiger partial charge in [0.2, 0.25) is 0 Å². The van der Waals surface area contributed by atoms with Crippen LogP contribution in [0.2, 0.25) is 5.02 Å². The SMILES string of the molecule is O=S(=O)([O-])CN1C(=CC2Sc3sc(Br)cc3N2CS(=O)(=O)[O-])Sc2ccc(Cl)cc21. The number of fused-ring (bicyclic) bond motifs is 2. The first kappa shape index (κ1) is 22.7. The Labute approximate surface area is 198 Å². The van der Waals surface area contributed by atoms with Crippen LogP contribution in [0, 0.1) is 0 Å². The van der Waals surface area contributed by atoms with Crippen LogP contribution >= 0.6 is 62.4 Å². The molecular weight excluding hydrogens is 580 g/mol. The van der Waals surface area contributed by atoms with Crippen LogP contribution in [-0.4, -0.2) is 43.1 Å². The Balaban J connectivity index is 1.74. The molecule has 8 nitrogen and oxygen atoms in total. The molecule has 0 N–H and O–H groups in total. The standard InChI is InChI=1S/C15H12BrClN2O6S5/c16-12-4-10-15(27-12)28-14(19(10)7-30(23,24)25)5-13-18(6-29(20,21)22)9-3-8(17)1-2-11(9)26-13/h1-5,14H,6-7H2,(H,20,21,22)(H,23,24,25)/p-2. The van der Waals surface area contributed by atoms with Crippen molar-refractivity contribution in [3.8, 4) is 0 Å². The van der Waals surface area contributed by atoms with Crippen molar-refractivity contribution in [1.82, 2.24) is 0 Å². The summed E-state index contributed by atoms with van der Waals surface area (Å²) in [7, 11) is -9.18. The predicted molar refractivity (Wildman–Crippen MR) is 121 cm³/mol. The summed E-state index contributed by atoms with van der Waals surface area (Å²) >= 11 is 13.4. The van der Waals surface area contributed by atoms with Crippen molar-refractivity contribution >= 4 is 94.0 Å². The highest BCUT2D eigenvalue weighted by molar-refractivity contribution is 9.11. The molecule has 162 valence electrons. The molecule has 1 aromatic carbocycles. The van der Waals surface area contributed by atoms with Gasteiger partial charge in [-0.3, -0.25) is 0 Å². The van der Waals surface area contributed by atoms with Crippen LogP contribution in [-0.2, 0) is 20.2 Å². The van der Waals surface area contributed by atoms with Gasteiger partial charge in [0.05, 0.1) is 24.4 Å². The van der Waals surface area contributed by atoms with Gasteiger partial charge in [-0.25, -0.2) is 16.8 Å². The Morgan fingerprint density at radius 3 is 2.47 bits per heavy atom. The topological polar surface area (TPSA) is 121 Å². The van der Waals surface area contributed by atoms with Gasteiger partial charge in [0.1, 0.15) is 37.4 Å². The lowest BCUT2D eigenvalue weighted by atomic mass is 10.3. The van der Waals surface area contributed by atoms with E-state index in [1.807, 2.05) is 0 Å². The number of nitrogens with zero attached hydrogens (tertiary/aromatic N) is 2. The lowest BCUT2D eigenvalue weighted by molar-refractivity contribution is 0.460. The number of rotatable bonds is 5. The van der Waals surface area contributed by atoms with Gasteiger partial charge in [-0.05, 0) is 46.3 Å². The highest BCUT2D eigenvalue weighted by atomic mass is 79.9. The van der Waals surface area contributed by atoms with Crippen molar-refractivity contribution in [3.05, 3.63) is 44.2 Å². The second kappa shape index (κ2) is 8.15. The van der Waals surface area contributed by atoms with Gasteiger partial charge in [-0.2, -0.15) is 0 Å². The van der Waals surface area contributed by atoms with Gasteiger partial charge in [-0.1, -0.05) is 35.1 Å². The number of thiophene rings is 1. The minimum atomic E-state index is -4.61. The quantitative estimate of drug-likeness (QED) is 0.475. The van der Waals surface area contributed by atoms with E-state index in [9.17, 15) is 25.9 Å². The fourth-order valence-corrected chi connectivity index (χ4v) is 9.19. The zero-order valence-corrected chi connectivity index (χ0v) is 20.9. The van der Waals surface area contributed by atoms with Crippen LogP contribution in [0.1, 0.15) is 0 Å². The lowest BCUT2D eigenvalue weighted by Gasteiger charge is -2.27. The largest absolute Gasteiger partial charge is 0.747 e. The highest BCUT2D eigenvalue weighted by Gasteiger charge is 2.35. The monoisotopic (exact) mass is 588 g/mol. The van der Waals surface area contributed by atoms with E-state index in [2.05, 4.69) is 15.9 Å². The molecule has 1 unspecified atom stereocenters. The number of benzene rings is 1. The molecule has 2 aliphatic rings. The van der Waals surface area contributed by atoms with Crippen molar-refractivity contribution < 1.29 is 25.9 Å². The molecule has 2 aromatic rings. The smallest absolute Gasteiger partial charge is 0.114 e. The zero-order valence-electron chi connectivity index (χ0n) is 14.5. The number of halogens is 2. The zero-order chi connectivity index (χ0) is 21.8. The Morgan fingerprint density at radius 2 is 1.80 bits per heavy atom. The summed E-state index contributed by atoms with van der Waals surface area (Å²) in [5, 5.41) is 0.240. The number of thioether (sulfide) groups is 2. The van der Waals surface area contributed by atoms with Crippen molar-refractivity contribution in [2.24, 2.45) is 0 Å². The minimum Gasteiger partial charge on any atom is -0.747 e. The molecule has 1 aromatic heterocycles. The fourth-order valence-electron chi connectivity index (χ4n) is 2.98. The molecule has 3 heterocycles. The molecule has 0 radical (unpaired) electrons. The molecule has 30 heavy (non-hydrogen) atoms. The second-order valence-corrected chi connectivity index (χ2v) is 14.3. The Morgan fingerprint density at radius 1 is 1.10 bits per heavy atom. The van der Waals surface area contributed by atoms with E-state index in [0.29, 0.717) is 26.3 Å². The van der Waals surface area contributed by atoms with E-state index in [-0.39, 0.29) is 0 Å². The molecule has 15 heteroatoms. The van der Waals surface area contributed by atoms with Gasteiger partial charge in [0.15, 0.2) is 0 Å². The van der Waals surface area contributed by atoms with Gasteiger partial charge in [-0.15, -0.1) is 11.3 Å². The fraction of sp³-hybridized carbons (Fsp3) is 0.200. The highest BCUT2D eigenvalue weighted by Crippen LogP contribution is 2.53. The minimum absolute atomic E-state index is 0.380. The lowest BCUT2D eigenvalue weighted by Crippen LogP contribution is -2.34. The summed E-state index contributed by atoms with van der Waals surface area (Å²) < 4.78 is 70.5. The normalized spacial score (nSPS) is 20.1. The maximum Gasteiger partial charge on any atom is 0.114 e. The molecule has 0 amide bonds. The van der Waals surface area contributed by atoms with Gasteiger partial charge < -0.3 is 18.9 Å². The average molecular weight is 590 g/mol.